The Morgan fingerprint density at radius 2 is 1.28 bits per heavy atom. The first-order chi connectivity index (χ1) is 12.2. The SMILES string of the molecule is COc1ccc(C(=O)C(=O)OC2CCCCCCCCCCC2)cc1. The highest BCUT2D eigenvalue weighted by Gasteiger charge is 2.22. The number of carbonyl (C=O) groups excluding carboxylic acids is 2. The number of esters is 1. The number of benzene rings is 1. The van der Waals surface area contributed by atoms with E-state index in [2.05, 4.69) is 0 Å². The van der Waals surface area contributed by atoms with Gasteiger partial charge in [-0.1, -0.05) is 44.9 Å². The van der Waals surface area contributed by atoms with Crippen LogP contribution in [0.3, 0.4) is 0 Å². The van der Waals surface area contributed by atoms with Crippen LogP contribution in [0.1, 0.15) is 81.0 Å². The minimum Gasteiger partial charge on any atom is -0.497 e. The van der Waals surface area contributed by atoms with Crippen molar-refractivity contribution in [1.82, 2.24) is 0 Å². The third-order valence-corrected chi connectivity index (χ3v) is 4.86. The Morgan fingerprint density at radius 3 is 1.76 bits per heavy atom. The van der Waals surface area contributed by atoms with Gasteiger partial charge >= 0.3 is 5.97 Å². The number of Topliss-reactive ketones (excluding diaryl/α,β-unsaturated/α-hetero) is 1. The lowest BCUT2D eigenvalue weighted by Gasteiger charge is -2.18. The minimum atomic E-state index is -0.734. The highest BCUT2D eigenvalue weighted by atomic mass is 16.5. The Bertz CT molecular complexity index is 523. The molecular weight excluding hydrogens is 316 g/mol. The molecule has 1 saturated carbocycles. The molecule has 1 aromatic rings. The zero-order valence-electron chi connectivity index (χ0n) is 15.3. The van der Waals surface area contributed by atoms with Crippen LogP contribution >= 0.6 is 0 Å². The van der Waals surface area contributed by atoms with E-state index in [1.54, 1.807) is 31.4 Å². The second kappa shape index (κ2) is 10.9. The third-order valence-electron chi connectivity index (χ3n) is 4.86. The van der Waals surface area contributed by atoms with E-state index in [-0.39, 0.29) is 6.10 Å². The van der Waals surface area contributed by atoms with Crippen LogP contribution in [0.4, 0.5) is 0 Å². The number of ketones is 1. The molecular formula is C21H30O4. The molecule has 0 radical (unpaired) electrons. The topological polar surface area (TPSA) is 52.6 Å². The number of rotatable bonds is 4. The van der Waals surface area contributed by atoms with Crippen LogP contribution in [0.5, 0.6) is 5.75 Å². The zero-order valence-corrected chi connectivity index (χ0v) is 15.3. The van der Waals surface area contributed by atoms with Crippen LogP contribution in [0, 0.1) is 0 Å². The lowest BCUT2D eigenvalue weighted by molar-refractivity contribution is -0.144. The largest absolute Gasteiger partial charge is 0.497 e. The third kappa shape index (κ3) is 6.89. The van der Waals surface area contributed by atoms with Gasteiger partial charge in [-0.2, -0.15) is 0 Å². The van der Waals surface area contributed by atoms with Gasteiger partial charge in [0.25, 0.3) is 5.78 Å². The van der Waals surface area contributed by atoms with Gasteiger partial charge in [0, 0.05) is 5.56 Å². The van der Waals surface area contributed by atoms with Gasteiger partial charge in [-0.15, -0.1) is 0 Å². The van der Waals surface area contributed by atoms with Gasteiger partial charge in [0.1, 0.15) is 11.9 Å². The average Bonchev–Trinajstić information content (AvgIpc) is 2.63. The molecule has 0 atom stereocenters. The Morgan fingerprint density at radius 1 is 0.800 bits per heavy atom. The first-order valence-corrected chi connectivity index (χ1v) is 9.60. The maximum atomic E-state index is 12.3. The highest BCUT2D eigenvalue weighted by molar-refractivity contribution is 6.40. The van der Waals surface area contributed by atoms with E-state index in [4.69, 9.17) is 9.47 Å². The second-order valence-electron chi connectivity index (χ2n) is 6.84. The molecule has 1 aromatic carbocycles. The molecule has 0 spiro atoms. The molecule has 4 heteroatoms. The smallest absolute Gasteiger partial charge is 0.379 e. The quantitative estimate of drug-likeness (QED) is 0.433. The Kier molecular flexibility index (Phi) is 8.50. The fraction of sp³-hybridized carbons (Fsp3) is 0.619. The van der Waals surface area contributed by atoms with Crippen LogP contribution in [-0.2, 0) is 9.53 Å². The molecule has 0 aromatic heterocycles. The Balaban J connectivity index is 1.89. The summed E-state index contributed by atoms with van der Waals surface area (Å²) in [6.45, 7) is 0. The van der Waals surface area contributed by atoms with Gasteiger partial charge in [0.2, 0.25) is 0 Å². The predicted molar refractivity (Wildman–Crippen MR) is 98.0 cm³/mol. The van der Waals surface area contributed by atoms with Crippen molar-refractivity contribution >= 4 is 11.8 Å². The normalized spacial score (nSPS) is 17.8. The second-order valence-corrected chi connectivity index (χ2v) is 6.84. The summed E-state index contributed by atoms with van der Waals surface area (Å²) in [5.74, 6) is -0.653. The van der Waals surface area contributed by atoms with Crippen molar-refractivity contribution in [1.29, 1.82) is 0 Å². The molecule has 0 unspecified atom stereocenters. The minimum absolute atomic E-state index is 0.130. The van der Waals surface area contributed by atoms with Crippen molar-refractivity contribution in [3.63, 3.8) is 0 Å². The molecule has 0 saturated heterocycles. The van der Waals surface area contributed by atoms with E-state index in [0.717, 1.165) is 25.7 Å². The molecule has 0 N–H and O–H groups in total. The van der Waals surface area contributed by atoms with Crippen LogP contribution < -0.4 is 4.74 Å². The van der Waals surface area contributed by atoms with E-state index in [1.165, 1.54) is 44.9 Å². The maximum Gasteiger partial charge on any atom is 0.379 e. The van der Waals surface area contributed by atoms with Crippen LogP contribution in [0.15, 0.2) is 24.3 Å². The average molecular weight is 346 g/mol. The van der Waals surface area contributed by atoms with Gasteiger partial charge in [-0.3, -0.25) is 4.79 Å². The van der Waals surface area contributed by atoms with Gasteiger partial charge in [0.05, 0.1) is 7.11 Å². The molecule has 2 rings (SSSR count). The molecule has 1 aliphatic rings. The van der Waals surface area contributed by atoms with Gasteiger partial charge < -0.3 is 9.47 Å². The fourth-order valence-corrected chi connectivity index (χ4v) is 3.31. The molecule has 4 nitrogen and oxygen atoms in total. The van der Waals surface area contributed by atoms with E-state index in [1.807, 2.05) is 0 Å². The predicted octanol–water partition coefficient (Wildman–Crippen LogP) is 5.09. The summed E-state index contributed by atoms with van der Waals surface area (Å²) in [4.78, 5) is 24.5. The monoisotopic (exact) mass is 346 g/mol. The van der Waals surface area contributed by atoms with Crippen LogP contribution in [-0.4, -0.2) is 25.0 Å². The first kappa shape index (κ1) is 19.5. The van der Waals surface area contributed by atoms with Crippen molar-refractivity contribution in [2.75, 3.05) is 7.11 Å². The lowest BCUT2D eigenvalue weighted by atomic mass is 9.99. The van der Waals surface area contributed by atoms with Gasteiger partial charge in [-0.25, -0.2) is 4.79 Å². The fourth-order valence-electron chi connectivity index (χ4n) is 3.31. The van der Waals surface area contributed by atoms with Crippen LogP contribution in [0.25, 0.3) is 0 Å². The first-order valence-electron chi connectivity index (χ1n) is 9.60. The van der Waals surface area contributed by atoms with Crippen molar-refractivity contribution in [2.45, 2.75) is 76.7 Å². The molecule has 0 amide bonds. The van der Waals surface area contributed by atoms with Crippen molar-refractivity contribution in [3.05, 3.63) is 29.8 Å². The van der Waals surface area contributed by atoms with Crippen molar-refractivity contribution in [3.8, 4) is 5.75 Å². The number of carbonyl (C=O) groups is 2. The molecule has 1 aliphatic carbocycles. The summed E-state index contributed by atoms with van der Waals surface area (Å²) < 4.78 is 10.6. The standard InChI is InChI=1S/C21H30O4/c1-24-18-15-13-17(14-16-18)20(22)21(23)25-19-11-9-7-5-3-2-4-6-8-10-12-19/h13-16,19H,2-12H2,1H3. The van der Waals surface area contributed by atoms with Crippen molar-refractivity contribution < 1.29 is 19.1 Å². The summed E-state index contributed by atoms with van der Waals surface area (Å²) >= 11 is 0. The number of hydrogen-bond acceptors (Lipinski definition) is 4. The number of hydrogen-bond donors (Lipinski definition) is 0. The molecule has 0 heterocycles. The molecule has 25 heavy (non-hydrogen) atoms. The Labute approximate surface area is 150 Å². The van der Waals surface area contributed by atoms with Gasteiger partial charge in [0.15, 0.2) is 0 Å². The number of ether oxygens (including phenoxy) is 2. The summed E-state index contributed by atoms with van der Waals surface area (Å²) in [6, 6.07) is 6.56. The summed E-state index contributed by atoms with van der Waals surface area (Å²) in [6.07, 6.45) is 12.6. The summed E-state index contributed by atoms with van der Waals surface area (Å²) in [5.41, 5.74) is 0.346. The molecule has 0 bridgehead atoms. The van der Waals surface area contributed by atoms with E-state index in [0.29, 0.717) is 11.3 Å². The summed E-state index contributed by atoms with van der Waals surface area (Å²) in [7, 11) is 1.56. The highest BCUT2D eigenvalue weighted by Crippen LogP contribution is 2.20. The van der Waals surface area contributed by atoms with Crippen LogP contribution in [0.2, 0.25) is 0 Å². The maximum absolute atomic E-state index is 12.3. The zero-order chi connectivity index (χ0) is 17.9. The van der Waals surface area contributed by atoms with E-state index in [9.17, 15) is 9.59 Å². The van der Waals surface area contributed by atoms with E-state index >= 15 is 0 Å². The summed E-state index contributed by atoms with van der Waals surface area (Å²) in [5, 5.41) is 0. The van der Waals surface area contributed by atoms with E-state index < -0.39 is 11.8 Å². The van der Waals surface area contributed by atoms with Crippen molar-refractivity contribution in [2.24, 2.45) is 0 Å². The molecule has 1 fully saturated rings. The lowest BCUT2D eigenvalue weighted by Crippen LogP contribution is -2.25. The Hall–Kier alpha value is -1.84. The van der Waals surface area contributed by atoms with Gasteiger partial charge in [-0.05, 0) is 49.9 Å². The molecule has 138 valence electrons. The molecule has 0 aliphatic heterocycles. The number of methoxy groups -OCH3 is 1.